The number of unbranched alkanes of at least 4 members (excludes halogenated alkanes) is 2. The number of hydrogen-bond donors (Lipinski definition) is 3. The summed E-state index contributed by atoms with van der Waals surface area (Å²) in [6, 6.07) is 2.44. The highest BCUT2D eigenvalue weighted by atomic mass is 19.1. The third-order valence-electron chi connectivity index (χ3n) is 9.88. The summed E-state index contributed by atoms with van der Waals surface area (Å²) in [4.78, 5) is 59.3. The smallest absolute Gasteiger partial charge is 0.343 e. The lowest BCUT2D eigenvalue weighted by Crippen LogP contribution is -2.45. The van der Waals surface area contributed by atoms with Gasteiger partial charge < -0.3 is 29.7 Å². The first kappa shape index (κ1) is 32.8. The predicted octanol–water partition coefficient (Wildman–Crippen LogP) is 3.42. The zero-order valence-electron chi connectivity index (χ0n) is 27.2. The fraction of sp³-hybridized carbons (Fsp3) is 0.514. The van der Waals surface area contributed by atoms with Crippen LogP contribution in [-0.2, 0) is 44.3 Å². The Morgan fingerprint density at radius 2 is 1.98 bits per heavy atom. The lowest BCUT2D eigenvalue weighted by molar-refractivity contribution is -0.172. The van der Waals surface area contributed by atoms with Crippen molar-refractivity contribution in [2.75, 3.05) is 13.1 Å². The molecule has 0 saturated heterocycles. The van der Waals surface area contributed by atoms with Gasteiger partial charge >= 0.3 is 5.97 Å². The zero-order chi connectivity index (χ0) is 33.8. The molecule has 3 aromatic rings. The number of cyclic esters (lactones) is 1. The quantitative estimate of drug-likeness (QED) is 0.175. The zero-order valence-corrected chi connectivity index (χ0v) is 27.2. The Kier molecular flexibility index (Phi) is 8.69. The normalized spacial score (nSPS) is 19.9. The molecule has 0 fully saturated rings. The fourth-order valence-electron chi connectivity index (χ4n) is 7.37. The number of pyridine rings is 2. The van der Waals surface area contributed by atoms with E-state index in [2.05, 4.69) is 5.32 Å². The van der Waals surface area contributed by atoms with E-state index in [1.54, 1.807) is 26.8 Å². The Labute approximate surface area is 271 Å². The van der Waals surface area contributed by atoms with E-state index in [0.29, 0.717) is 47.3 Å². The highest BCUT2D eigenvalue weighted by Crippen LogP contribution is 2.46. The van der Waals surface area contributed by atoms with Crippen LogP contribution in [0.1, 0.15) is 98.7 Å². The van der Waals surface area contributed by atoms with Crippen molar-refractivity contribution in [3.63, 3.8) is 0 Å². The van der Waals surface area contributed by atoms with Gasteiger partial charge in [-0.25, -0.2) is 14.2 Å². The minimum absolute atomic E-state index is 0.000119. The molecule has 1 aromatic carbocycles. The van der Waals surface area contributed by atoms with Crippen molar-refractivity contribution in [3.05, 3.63) is 61.7 Å². The number of ether oxygens (including phenoxy) is 1. The van der Waals surface area contributed by atoms with Gasteiger partial charge in [-0.05, 0) is 62.3 Å². The summed E-state index contributed by atoms with van der Waals surface area (Å²) < 4.78 is 21.9. The minimum Gasteiger partial charge on any atom is -0.458 e. The van der Waals surface area contributed by atoms with Crippen LogP contribution in [0, 0.1) is 12.7 Å². The van der Waals surface area contributed by atoms with Crippen LogP contribution in [0.5, 0.6) is 0 Å². The van der Waals surface area contributed by atoms with Crippen LogP contribution in [0.15, 0.2) is 16.9 Å². The van der Waals surface area contributed by atoms with Crippen molar-refractivity contribution < 1.29 is 33.7 Å². The van der Waals surface area contributed by atoms with E-state index < -0.39 is 41.0 Å². The van der Waals surface area contributed by atoms with E-state index in [4.69, 9.17) is 9.72 Å². The lowest BCUT2D eigenvalue weighted by Gasteiger charge is -2.31. The Morgan fingerprint density at radius 1 is 1.21 bits per heavy atom. The van der Waals surface area contributed by atoms with Crippen molar-refractivity contribution in [2.24, 2.45) is 0 Å². The van der Waals surface area contributed by atoms with Crippen LogP contribution < -0.4 is 10.9 Å². The molecule has 11 nitrogen and oxygen atoms in total. The first-order chi connectivity index (χ1) is 22.4. The van der Waals surface area contributed by atoms with E-state index in [1.165, 1.54) is 15.5 Å². The highest BCUT2D eigenvalue weighted by molar-refractivity contribution is 5.94. The molecule has 1 aliphatic carbocycles. The van der Waals surface area contributed by atoms with E-state index in [9.17, 15) is 29.4 Å². The Balaban J connectivity index is 1.43. The van der Waals surface area contributed by atoms with E-state index >= 15 is 4.39 Å². The number of nitrogens with zero attached hydrogens (tertiary/aromatic N) is 3. The SMILES string of the molecule is CCCCCC(=O)N(CC(=O)NC1CCc2c(C)c(F)cc3nc4c(c1c23)Cn1c-4cc2c(c1=O)COC(=O)[C@]2(O)CC)CC(C)O. The molecule has 2 amide bonds. The van der Waals surface area contributed by atoms with Crippen molar-refractivity contribution in [3.8, 4) is 11.4 Å². The predicted molar refractivity (Wildman–Crippen MR) is 171 cm³/mol. The summed E-state index contributed by atoms with van der Waals surface area (Å²) in [5.74, 6) is -1.83. The molecule has 0 spiro atoms. The molecule has 3 aliphatic rings. The summed E-state index contributed by atoms with van der Waals surface area (Å²) in [6.45, 7) is 6.62. The molecule has 6 rings (SSSR count). The molecule has 4 heterocycles. The number of carbonyl (C=O) groups excluding carboxylic acids is 3. The Bertz CT molecular complexity index is 1870. The van der Waals surface area contributed by atoms with Gasteiger partial charge in [-0.15, -0.1) is 0 Å². The highest BCUT2D eigenvalue weighted by Gasteiger charge is 2.46. The first-order valence-corrected chi connectivity index (χ1v) is 16.5. The lowest BCUT2D eigenvalue weighted by atomic mass is 9.81. The molecule has 12 heteroatoms. The van der Waals surface area contributed by atoms with Crippen molar-refractivity contribution in [1.29, 1.82) is 0 Å². The van der Waals surface area contributed by atoms with Crippen molar-refractivity contribution in [1.82, 2.24) is 19.8 Å². The van der Waals surface area contributed by atoms with Gasteiger partial charge in [-0.3, -0.25) is 14.4 Å². The van der Waals surface area contributed by atoms with Crippen LogP contribution in [-0.4, -0.2) is 61.6 Å². The topological polar surface area (TPSA) is 151 Å². The monoisotopic (exact) mass is 648 g/mol. The Hall–Kier alpha value is -4.16. The number of rotatable bonds is 10. The largest absolute Gasteiger partial charge is 0.458 e. The van der Waals surface area contributed by atoms with Crippen LogP contribution in [0.3, 0.4) is 0 Å². The van der Waals surface area contributed by atoms with Gasteiger partial charge in [0, 0.05) is 35.5 Å². The maximum absolute atomic E-state index is 15.2. The number of hydrogen-bond acceptors (Lipinski definition) is 8. The molecule has 250 valence electrons. The van der Waals surface area contributed by atoms with E-state index in [-0.39, 0.29) is 56.1 Å². The maximum Gasteiger partial charge on any atom is 0.343 e. The second-order valence-corrected chi connectivity index (χ2v) is 13.1. The van der Waals surface area contributed by atoms with E-state index in [0.717, 1.165) is 29.4 Å². The van der Waals surface area contributed by atoms with Crippen LogP contribution in [0.25, 0.3) is 22.3 Å². The van der Waals surface area contributed by atoms with Crippen LogP contribution in [0.2, 0.25) is 0 Å². The molecule has 0 radical (unpaired) electrons. The molecule has 3 atom stereocenters. The summed E-state index contributed by atoms with van der Waals surface area (Å²) in [5.41, 5.74) is 1.87. The maximum atomic E-state index is 15.2. The van der Waals surface area contributed by atoms with Gasteiger partial charge in [0.15, 0.2) is 5.60 Å². The second-order valence-electron chi connectivity index (χ2n) is 13.1. The number of halogens is 1. The molecule has 0 saturated carbocycles. The number of amides is 2. The minimum atomic E-state index is -1.99. The van der Waals surface area contributed by atoms with E-state index in [1.807, 2.05) is 6.92 Å². The average Bonchev–Trinajstić information content (AvgIpc) is 3.40. The molecule has 47 heavy (non-hydrogen) atoms. The summed E-state index contributed by atoms with van der Waals surface area (Å²) in [6.07, 6.45) is 2.95. The fourth-order valence-corrected chi connectivity index (χ4v) is 7.37. The molecule has 2 aromatic heterocycles. The average molecular weight is 649 g/mol. The van der Waals surface area contributed by atoms with Crippen molar-refractivity contribution >= 4 is 28.7 Å². The van der Waals surface area contributed by atoms with Gasteiger partial charge in [-0.2, -0.15) is 0 Å². The summed E-state index contributed by atoms with van der Waals surface area (Å²) in [7, 11) is 0. The molecular weight excluding hydrogens is 607 g/mol. The number of aliphatic hydroxyl groups is 2. The summed E-state index contributed by atoms with van der Waals surface area (Å²) >= 11 is 0. The third kappa shape index (κ3) is 5.50. The number of benzene rings is 1. The third-order valence-corrected chi connectivity index (χ3v) is 9.88. The number of aliphatic hydroxyl groups excluding tert-OH is 1. The van der Waals surface area contributed by atoms with Gasteiger partial charge in [-0.1, -0.05) is 26.7 Å². The standard InChI is InChI=1S/C35H41FN4O7/c1-5-7-8-9-29(43)39(14-18(3)41)16-28(42)37-25-11-10-20-19(4)24(36)13-26-30(20)31(25)21-15-40-27(32(21)38-26)12-23-22(33(40)44)17-47-34(45)35(23,46)6-2/h12-13,18,25,41,46H,5-11,14-17H2,1-4H3,(H,37,42)/t18?,25?,35-/m0/s1. The second kappa shape index (κ2) is 12.5. The number of carbonyl (C=O) groups is 3. The molecule has 3 N–H and O–H groups in total. The number of fused-ring (bicyclic) bond motifs is 5. The number of esters is 1. The van der Waals surface area contributed by atoms with Gasteiger partial charge in [0.05, 0.1) is 47.7 Å². The van der Waals surface area contributed by atoms with Gasteiger partial charge in [0.25, 0.3) is 5.56 Å². The Morgan fingerprint density at radius 3 is 2.68 bits per heavy atom. The van der Waals surface area contributed by atoms with Gasteiger partial charge in [0.1, 0.15) is 12.4 Å². The van der Waals surface area contributed by atoms with Gasteiger partial charge in [0.2, 0.25) is 11.8 Å². The van der Waals surface area contributed by atoms with Crippen LogP contribution in [0.4, 0.5) is 4.39 Å². The summed E-state index contributed by atoms with van der Waals surface area (Å²) in [5, 5.41) is 25.2. The molecular formula is C35H41FN4O7. The molecule has 0 bridgehead atoms. The molecule has 2 aliphatic heterocycles. The van der Waals surface area contributed by atoms with Crippen LogP contribution >= 0.6 is 0 Å². The van der Waals surface area contributed by atoms with Crippen molar-refractivity contribution in [2.45, 2.75) is 104 Å². The number of nitrogens with one attached hydrogen (secondary N) is 1. The first-order valence-electron chi connectivity index (χ1n) is 16.5. The number of aromatic nitrogens is 2. The number of aryl methyl sites for hydroxylation is 1. The molecule has 2 unspecified atom stereocenters.